The van der Waals surface area contributed by atoms with Crippen LogP contribution in [0.15, 0.2) is 41.3 Å². The summed E-state index contributed by atoms with van der Waals surface area (Å²) in [6.07, 6.45) is 1.70. The summed E-state index contributed by atoms with van der Waals surface area (Å²) in [4.78, 5) is 17.0. The number of benzene rings is 1. The zero-order valence-electron chi connectivity index (χ0n) is 11.2. The lowest BCUT2D eigenvalue weighted by Crippen LogP contribution is -2.20. The summed E-state index contributed by atoms with van der Waals surface area (Å²) in [5.74, 6) is 0. The highest BCUT2D eigenvalue weighted by atomic mass is 35.5. The molecule has 0 aliphatic heterocycles. The maximum Gasteiger partial charge on any atom is 0.277 e. The van der Waals surface area contributed by atoms with Gasteiger partial charge in [-0.2, -0.15) is 0 Å². The maximum absolute atomic E-state index is 12.6. The van der Waals surface area contributed by atoms with E-state index >= 15 is 0 Å². The Morgan fingerprint density at radius 3 is 2.86 bits per heavy atom. The number of hydrogen-bond acceptors (Lipinski definition) is 3. The normalized spacial score (nSPS) is 11.7. The van der Waals surface area contributed by atoms with Crippen molar-refractivity contribution in [2.24, 2.45) is 7.05 Å². The topological polar surface area (TPSA) is 65.3 Å². The molecule has 0 unspecified atom stereocenters. The summed E-state index contributed by atoms with van der Waals surface area (Å²) in [6, 6.07) is 9.07. The second kappa shape index (κ2) is 3.99. The molecule has 104 valence electrons. The van der Waals surface area contributed by atoms with Crippen molar-refractivity contribution in [3.63, 3.8) is 0 Å². The molecular weight excluding hydrogens is 288 g/mol. The fourth-order valence-corrected chi connectivity index (χ4v) is 2.98. The molecule has 0 bridgehead atoms. The van der Waals surface area contributed by atoms with E-state index in [1.54, 1.807) is 40.4 Å². The molecule has 0 fully saturated rings. The van der Waals surface area contributed by atoms with Gasteiger partial charge in [-0.05, 0) is 30.3 Å². The van der Waals surface area contributed by atoms with Crippen LogP contribution in [0.5, 0.6) is 0 Å². The van der Waals surface area contributed by atoms with Gasteiger partial charge < -0.3 is 10.3 Å². The van der Waals surface area contributed by atoms with Crippen LogP contribution in [-0.2, 0) is 7.05 Å². The van der Waals surface area contributed by atoms with E-state index in [4.69, 9.17) is 17.3 Å². The third-order valence-electron chi connectivity index (χ3n) is 3.81. The monoisotopic (exact) mass is 298 g/mol. The van der Waals surface area contributed by atoms with Crippen LogP contribution in [0.25, 0.3) is 27.6 Å². The molecule has 6 heteroatoms. The van der Waals surface area contributed by atoms with Gasteiger partial charge in [0.25, 0.3) is 5.56 Å². The van der Waals surface area contributed by atoms with Crippen LogP contribution < -0.4 is 11.3 Å². The molecule has 0 spiro atoms. The molecular formula is C15H11ClN4O. The first-order chi connectivity index (χ1) is 10.1. The van der Waals surface area contributed by atoms with Gasteiger partial charge in [0.1, 0.15) is 5.52 Å². The SMILES string of the molecule is Cn1c(=O)c2c(N)c3cc(Cl)ccc3n2c2ncccc21. The Morgan fingerprint density at radius 1 is 1.24 bits per heavy atom. The molecule has 0 amide bonds. The number of halogens is 1. The zero-order chi connectivity index (χ0) is 14.7. The van der Waals surface area contributed by atoms with Gasteiger partial charge in [-0.25, -0.2) is 4.98 Å². The van der Waals surface area contributed by atoms with Gasteiger partial charge in [0, 0.05) is 23.7 Å². The van der Waals surface area contributed by atoms with Crippen LogP contribution in [0.4, 0.5) is 5.69 Å². The van der Waals surface area contributed by atoms with Gasteiger partial charge in [-0.3, -0.25) is 9.20 Å². The molecule has 0 aliphatic rings. The second-order valence-electron chi connectivity index (χ2n) is 4.97. The number of pyridine rings is 1. The number of aryl methyl sites for hydroxylation is 1. The van der Waals surface area contributed by atoms with Gasteiger partial charge in [0.2, 0.25) is 0 Å². The Balaban J connectivity index is 2.47. The van der Waals surface area contributed by atoms with Crippen molar-refractivity contribution < 1.29 is 0 Å². The number of nitrogens with two attached hydrogens (primary N) is 1. The van der Waals surface area contributed by atoms with E-state index in [2.05, 4.69) is 4.98 Å². The van der Waals surface area contributed by atoms with Crippen molar-refractivity contribution in [2.75, 3.05) is 5.73 Å². The maximum atomic E-state index is 12.6. The van der Waals surface area contributed by atoms with E-state index < -0.39 is 0 Å². The fraction of sp³-hybridized carbons (Fsp3) is 0.0667. The summed E-state index contributed by atoms with van der Waals surface area (Å²) < 4.78 is 3.37. The Hall–Kier alpha value is -2.53. The van der Waals surface area contributed by atoms with Crippen molar-refractivity contribution in [1.82, 2.24) is 14.0 Å². The third-order valence-corrected chi connectivity index (χ3v) is 4.05. The van der Waals surface area contributed by atoms with E-state index in [0.29, 0.717) is 21.9 Å². The Kier molecular flexibility index (Phi) is 2.32. The first kappa shape index (κ1) is 12.2. The highest BCUT2D eigenvalue weighted by Gasteiger charge is 2.17. The minimum Gasteiger partial charge on any atom is -0.396 e. The predicted molar refractivity (Wildman–Crippen MR) is 84.9 cm³/mol. The molecule has 0 atom stereocenters. The van der Waals surface area contributed by atoms with E-state index in [1.165, 1.54) is 0 Å². The smallest absolute Gasteiger partial charge is 0.277 e. The Morgan fingerprint density at radius 2 is 2.05 bits per heavy atom. The molecule has 21 heavy (non-hydrogen) atoms. The molecule has 3 aromatic heterocycles. The second-order valence-corrected chi connectivity index (χ2v) is 5.41. The largest absolute Gasteiger partial charge is 0.396 e. The minimum atomic E-state index is -0.152. The van der Waals surface area contributed by atoms with Crippen molar-refractivity contribution in [2.45, 2.75) is 0 Å². The Bertz CT molecular complexity index is 1090. The first-order valence-electron chi connectivity index (χ1n) is 6.42. The van der Waals surface area contributed by atoms with E-state index in [9.17, 15) is 4.79 Å². The van der Waals surface area contributed by atoms with Crippen molar-refractivity contribution in [1.29, 1.82) is 0 Å². The number of hydrogen-bond donors (Lipinski definition) is 1. The van der Waals surface area contributed by atoms with Crippen molar-refractivity contribution >= 4 is 44.9 Å². The van der Waals surface area contributed by atoms with Gasteiger partial charge >= 0.3 is 0 Å². The number of nitrogens with zero attached hydrogens (tertiary/aromatic N) is 3. The summed E-state index contributed by atoms with van der Waals surface area (Å²) in [5.41, 5.74) is 9.17. The number of fused-ring (bicyclic) bond motifs is 5. The number of anilines is 1. The lowest BCUT2D eigenvalue weighted by Gasteiger charge is -2.07. The average molecular weight is 299 g/mol. The minimum absolute atomic E-state index is 0.152. The van der Waals surface area contributed by atoms with Crippen molar-refractivity contribution in [3.8, 4) is 0 Å². The molecule has 0 aliphatic carbocycles. The fourth-order valence-electron chi connectivity index (χ4n) is 2.81. The lowest BCUT2D eigenvalue weighted by molar-refractivity contribution is 0.897. The van der Waals surface area contributed by atoms with Crippen LogP contribution in [0.2, 0.25) is 5.02 Å². The summed E-state index contributed by atoms with van der Waals surface area (Å²) >= 11 is 6.04. The molecule has 5 nitrogen and oxygen atoms in total. The molecule has 0 saturated carbocycles. The zero-order valence-corrected chi connectivity index (χ0v) is 11.9. The molecule has 0 saturated heterocycles. The molecule has 3 heterocycles. The van der Waals surface area contributed by atoms with E-state index in [-0.39, 0.29) is 5.56 Å². The lowest BCUT2D eigenvalue weighted by atomic mass is 10.2. The first-order valence-corrected chi connectivity index (χ1v) is 6.80. The highest BCUT2D eigenvalue weighted by molar-refractivity contribution is 6.31. The van der Waals surface area contributed by atoms with Crippen LogP contribution in [0, 0.1) is 0 Å². The Labute approximate surface area is 124 Å². The predicted octanol–water partition coefficient (Wildman–Crippen LogP) is 2.58. The number of aromatic nitrogens is 3. The van der Waals surface area contributed by atoms with Crippen molar-refractivity contribution in [3.05, 3.63) is 51.9 Å². The van der Waals surface area contributed by atoms with Gasteiger partial charge in [0.15, 0.2) is 5.65 Å². The van der Waals surface area contributed by atoms with Gasteiger partial charge in [0.05, 0.1) is 16.7 Å². The third kappa shape index (κ3) is 1.46. The van der Waals surface area contributed by atoms with E-state index in [0.717, 1.165) is 16.4 Å². The summed E-state index contributed by atoms with van der Waals surface area (Å²) in [5, 5.41) is 1.34. The quantitative estimate of drug-likeness (QED) is 0.542. The molecule has 4 rings (SSSR count). The highest BCUT2D eigenvalue weighted by Crippen LogP contribution is 2.31. The van der Waals surface area contributed by atoms with Crippen LogP contribution in [0.1, 0.15) is 0 Å². The van der Waals surface area contributed by atoms with Crippen LogP contribution in [0.3, 0.4) is 0 Å². The van der Waals surface area contributed by atoms with Gasteiger partial charge in [-0.1, -0.05) is 11.6 Å². The molecule has 1 aromatic carbocycles. The van der Waals surface area contributed by atoms with E-state index in [1.807, 2.05) is 12.1 Å². The average Bonchev–Trinajstić information content (AvgIpc) is 2.78. The van der Waals surface area contributed by atoms with Gasteiger partial charge in [-0.15, -0.1) is 0 Å². The summed E-state index contributed by atoms with van der Waals surface area (Å²) in [7, 11) is 1.72. The van der Waals surface area contributed by atoms with Crippen LogP contribution >= 0.6 is 11.6 Å². The summed E-state index contributed by atoms with van der Waals surface area (Å²) in [6.45, 7) is 0. The van der Waals surface area contributed by atoms with Crippen LogP contribution in [-0.4, -0.2) is 14.0 Å². The number of rotatable bonds is 0. The standard InChI is InChI=1S/C15H11ClN4O/c1-19-11-3-2-6-18-14(11)20-10-5-4-8(16)7-9(10)12(17)13(20)15(19)21/h2-7H,17H2,1H3. The molecule has 0 radical (unpaired) electrons. The molecule has 4 aromatic rings. The molecule has 2 N–H and O–H groups in total. The number of nitrogen functional groups attached to an aromatic ring is 1.